The van der Waals surface area contributed by atoms with E-state index in [-0.39, 0.29) is 18.4 Å². The molecule has 3 aromatic rings. The van der Waals surface area contributed by atoms with Crippen LogP contribution in [0.1, 0.15) is 41.1 Å². The second-order valence-electron chi connectivity index (χ2n) is 7.09. The summed E-state index contributed by atoms with van der Waals surface area (Å²) in [4.78, 5) is 28.7. The SMILES string of the molecule is Cn1ccc(C(=O)NCC(=O)Nc2nc(-c3cccc(C4CCC4)c3)cs2)c1. The number of aryl methyl sites for hydroxylation is 1. The third kappa shape index (κ3) is 4.14. The van der Waals surface area contributed by atoms with Crippen LogP contribution in [0, 0.1) is 0 Å². The summed E-state index contributed by atoms with van der Waals surface area (Å²) in [5.41, 5.74) is 3.82. The summed E-state index contributed by atoms with van der Waals surface area (Å²) in [6.07, 6.45) is 7.32. The van der Waals surface area contributed by atoms with E-state index in [1.807, 2.05) is 18.5 Å². The molecule has 6 nitrogen and oxygen atoms in total. The Morgan fingerprint density at radius 1 is 1.29 bits per heavy atom. The van der Waals surface area contributed by atoms with Crippen LogP contribution in [0.25, 0.3) is 11.3 Å². The van der Waals surface area contributed by atoms with Gasteiger partial charge in [-0.15, -0.1) is 11.3 Å². The lowest BCUT2D eigenvalue weighted by molar-refractivity contribution is -0.115. The van der Waals surface area contributed by atoms with E-state index < -0.39 is 0 Å². The fourth-order valence-electron chi connectivity index (χ4n) is 3.22. The lowest BCUT2D eigenvalue weighted by atomic mass is 9.79. The van der Waals surface area contributed by atoms with Crippen LogP contribution in [0.4, 0.5) is 5.13 Å². The van der Waals surface area contributed by atoms with Gasteiger partial charge < -0.3 is 15.2 Å². The third-order valence-corrected chi connectivity index (χ3v) is 5.77. The van der Waals surface area contributed by atoms with Gasteiger partial charge >= 0.3 is 0 Å². The minimum atomic E-state index is -0.298. The van der Waals surface area contributed by atoms with Crippen LogP contribution in [-0.2, 0) is 11.8 Å². The van der Waals surface area contributed by atoms with E-state index in [4.69, 9.17) is 0 Å². The van der Waals surface area contributed by atoms with Gasteiger partial charge in [0, 0.05) is 30.4 Å². The highest BCUT2D eigenvalue weighted by Gasteiger charge is 2.20. The van der Waals surface area contributed by atoms with Crippen LogP contribution < -0.4 is 10.6 Å². The number of nitrogens with zero attached hydrogens (tertiary/aromatic N) is 2. The van der Waals surface area contributed by atoms with Crippen molar-refractivity contribution >= 4 is 28.3 Å². The zero-order valence-corrected chi connectivity index (χ0v) is 16.5. The molecular formula is C21H22N4O2S. The molecule has 4 rings (SSSR count). The second-order valence-corrected chi connectivity index (χ2v) is 7.95. The summed E-state index contributed by atoms with van der Waals surface area (Å²) in [5, 5.41) is 7.84. The molecule has 1 saturated carbocycles. The molecule has 0 unspecified atom stereocenters. The van der Waals surface area contributed by atoms with Crippen molar-refractivity contribution in [1.82, 2.24) is 14.9 Å². The van der Waals surface area contributed by atoms with Crippen molar-refractivity contribution in [2.45, 2.75) is 25.2 Å². The van der Waals surface area contributed by atoms with E-state index in [9.17, 15) is 9.59 Å². The van der Waals surface area contributed by atoms with E-state index in [1.54, 1.807) is 23.0 Å². The highest BCUT2D eigenvalue weighted by atomic mass is 32.1. The number of hydrogen-bond acceptors (Lipinski definition) is 4. The van der Waals surface area contributed by atoms with E-state index in [1.165, 1.54) is 36.2 Å². The number of nitrogens with one attached hydrogen (secondary N) is 2. The number of carbonyl (C=O) groups is 2. The van der Waals surface area contributed by atoms with Gasteiger partial charge in [0.25, 0.3) is 5.91 Å². The standard InChI is InChI=1S/C21H22N4O2S/c1-25-9-8-17(12-25)20(27)22-11-19(26)24-21-23-18(13-28-21)16-7-3-6-15(10-16)14-4-2-5-14/h3,6-10,12-14H,2,4-5,11H2,1H3,(H,22,27)(H,23,24,26). The van der Waals surface area contributed by atoms with Gasteiger partial charge in [-0.1, -0.05) is 24.6 Å². The number of carbonyl (C=O) groups excluding carboxylic acids is 2. The summed E-state index contributed by atoms with van der Waals surface area (Å²) in [6, 6.07) is 10.2. The van der Waals surface area contributed by atoms with Crippen LogP contribution in [0.2, 0.25) is 0 Å². The molecular weight excluding hydrogens is 372 g/mol. The topological polar surface area (TPSA) is 76.0 Å². The molecule has 2 N–H and O–H groups in total. The van der Waals surface area contributed by atoms with Crippen molar-refractivity contribution in [3.63, 3.8) is 0 Å². The molecule has 0 aliphatic heterocycles. The van der Waals surface area contributed by atoms with Gasteiger partial charge in [-0.2, -0.15) is 0 Å². The van der Waals surface area contributed by atoms with Gasteiger partial charge in [-0.25, -0.2) is 4.98 Å². The Morgan fingerprint density at radius 3 is 2.86 bits per heavy atom. The molecule has 144 valence electrons. The van der Waals surface area contributed by atoms with E-state index in [0.29, 0.717) is 16.6 Å². The number of hydrogen-bond donors (Lipinski definition) is 2. The maximum Gasteiger partial charge on any atom is 0.253 e. The number of amides is 2. The smallest absolute Gasteiger partial charge is 0.253 e. The molecule has 1 aliphatic carbocycles. The third-order valence-electron chi connectivity index (χ3n) is 5.01. The number of rotatable bonds is 6. The fourth-order valence-corrected chi connectivity index (χ4v) is 3.96. The Labute approximate surface area is 167 Å². The van der Waals surface area contributed by atoms with E-state index >= 15 is 0 Å². The van der Waals surface area contributed by atoms with Crippen molar-refractivity contribution in [2.24, 2.45) is 7.05 Å². The highest BCUT2D eigenvalue weighted by Crippen LogP contribution is 2.37. The first kappa shape index (κ1) is 18.4. The minimum Gasteiger partial charge on any atom is -0.356 e. The summed E-state index contributed by atoms with van der Waals surface area (Å²) < 4.78 is 1.78. The highest BCUT2D eigenvalue weighted by molar-refractivity contribution is 7.14. The molecule has 0 spiro atoms. The normalized spacial score (nSPS) is 13.8. The molecule has 2 heterocycles. The van der Waals surface area contributed by atoms with Crippen LogP contribution >= 0.6 is 11.3 Å². The molecule has 7 heteroatoms. The van der Waals surface area contributed by atoms with Gasteiger partial charge in [0.15, 0.2) is 5.13 Å². The molecule has 2 amide bonds. The first-order valence-corrected chi connectivity index (χ1v) is 10.2. The van der Waals surface area contributed by atoms with Crippen LogP contribution in [-0.4, -0.2) is 27.9 Å². The number of thiazole rings is 1. The lowest BCUT2D eigenvalue weighted by Gasteiger charge is -2.26. The monoisotopic (exact) mass is 394 g/mol. The largest absolute Gasteiger partial charge is 0.356 e. The van der Waals surface area contributed by atoms with Gasteiger partial charge in [-0.05, 0) is 36.5 Å². The van der Waals surface area contributed by atoms with Crippen molar-refractivity contribution < 1.29 is 9.59 Å². The minimum absolute atomic E-state index is 0.0974. The summed E-state index contributed by atoms with van der Waals surface area (Å²) >= 11 is 1.38. The average molecular weight is 395 g/mol. The van der Waals surface area contributed by atoms with E-state index in [0.717, 1.165) is 11.3 Å². The number of benzene rings is 1. The van der Waals surface area contributed by atoms with Crippen molar-refractivity contribution in [2.75, 3.05) is 11.9 Å². The van der Waals surface area contributed by atoms with Crippen LogP contribution in [0.3, 0.4) is 0 Å². The predicted octanol–water partition coefficient (Wildman–Crippen LogP) is 3.78. The molecule has 0 radical (unpaired) electrons. The van der Waals surface area contributed by atoms with Gasteiger partial charge in [0.05, 0.1) is 17.8 Å². The number of anilines is 1. The quantitative estimate of drug-likeness (QED) is 0.668. The van der Waals surface area contributed by atoms with Gasteiger partial charge in [0.1, 0.15) is 0 Å². The first-order chi connectivity index (χ1) is 13.6. The summed E-state index contributed by atoms with van der Waals surface area (Å²) in [7, 11) is 1.84. The molecule has 0 atom stereocenters. The van der Waals surface area contributed by atoms with Crippen molar-refractivity contribution in [1.29, 1.82) is 0 Å². The molecule has 2 aromatic heterocycles. The Hall–Kier alpha value is -2.93. The zero-order valence-electron chi connectivity index (χ0n) is 15.6. The Morgan fingerprint density at radius 2 is 2.14 bits per heavy atom. The summed E-state index contributed by atoms with van der Waals surface area (Å²) in [6.45, 7) is -0.0974. The van der Waals surface area contributed by atoms with Crippen LogP contribution in [0.15, 0.2) is 48.1 Å². The van der Waals surface area contributed by atoms with Gasteiger partial charge in [-0.3, -0.25) is 9.59 Å². The second kappa shape index (κ2) is 7.98. The maximum absolute atomic E-state index is 12.1. The number of aromatic nitrogens is 2. The summed E-state index contributed by atoms with van der Waals surface area (Å²) in [5.74, 6) is 0.0998. The van der Waals surface area contributed by atoms with Crippen molar-refractivity contribution in [3.8, 4) is 11.3 Å². The molecule has 1 aromatic carbocycles. The Balaban J connectivity index is 1.34. The molecule has 1 aliphatic rings. The Kier molecular flexibility index (Phi) is 5.25. The first-order valence-electron chi connectivity index (χ1n) is 9.34. The lowest BCUT2D eigenvalue weighted by Crippen LogP contribution is -2.32. The molecule has 0 saturated heterocycles. The zero-order chi connectivity index (χ0) is 19.5. The maximum atomic E-state index is 12.1. The van der Waals surface area contributed by atoms with Gasteiger partial charge in [0.2, 0.25) is 5.91 Å². The molecule has 1 fully saturated rings. The average Bonchev–Trinajstić information content (AvgIpc) is 3.28. The predicted molar refractivity (Wildman–Crippen MR) is 111 cm³/mol. The fraction of sp³-hybridized carbons (Fsp3) is 0.286. The molecule has 0 bridgehead atoms. The van der Waals surface area contributed by atoms with E-state index in [2.05, 4.69) is 33.8 Å². The Bertz CT molecular complexity index is 1000. The van der Waals surface area contributed by atoms with Crippen molar-refractivity contribution in [3.05, 3.63) is 59.2 Å². The van der Waals surface area contributed by atoms with Crippen LogP contribution in [0.5, 0.6) is 0 Å². The molecule has 28 heavy (non-hydrogen) atoms.